The smallest absolute Gasteiger partial charge is 0.148 e. The van der Waals surface area contributed by atoms with Crippen LogP contribution in [0.2, 0.25) is 5.15 Å². The van der Waals surface area contributed by atoms with Crippen molar-refractivity contribution in [3.63, 3.8) is 0 Å². The van der Waals surface area contributed by atoms with E-state index in [0.717, 1.165) is 44.8 Å². The average Bonchev–Trinajstić information content (AvgIpc) is 3.16. The van der Waals surface area contributed by atoms with Gasteiger partial charge in [0, 0.05) is 22.7 Å². The number of pyridine rings is 1. The molecule has 3 nitrogen and oxygen atoms in total. The van der Waals surface area contributed by atoms with Gasteiger partial charge in [0.05, 0.1) is 5.69 Å². The molecule has 0 saturated carbocycles. The number of rotatable bonds is 3. The molecule has 0 radical (unpaired) electrons. The van der Waals surface area contributed by atoms with Gasteiger partial charge in [-0.3, -0.25) is 4.57 Å². The van der Waals surface area contributed by atoms with E-state index in [-0.39, 0.29) is 0 Å². The number of nitrogens with zero attached hydrogens (tertiary/aromatic N) is 3. The van der Waals surface area contributed by atoms with Crippen LogP contribution < -0.4 is 0 Å². The summed E-state index contributed by atoms with van der Waals surface area (Å²) < 4.78 is 2.04. The summed E-state index contributed by atoms with van der Waals surface area (Å²) in [5.74, 6) is 1.63. The Bertz CT molecular complexity index is 1310. The molecule has 5 aromatic rings. The van der Waals surface area contributed by atoms with Gasteiger partial charge in [-0.05, 0) is 17.9 Å². The standard InChI is InChI=1S/C25H18ClN3/c1-17-16-29(24(27-17)19-12-6-3-7-13-19)25-21-15-9-8-14-20(21)22(23(26)28-25)18-10-4-2-5-11-18/h2-16H,1H3. The van der Waals surface area contributed by atoms with Gasteiger partial charge in [-0.25, -0.2) is 9.97 Å². The largest absolute Gasteiger partial charge is 0.283 e. The van der Waals surface area contributed by atoms with Gasteiger partial charge < -0.3 is 0 Å². The summed E-state index contributed by atoms with van der Waals surface area (Å²) in [5, 5.41) is 2.58. The maximum atomic E-state index is 6.75. The van der Waals surface area contributed by atoms with Gasteiger partial charge in [-0.1, -0.05) is 96.5 Å². The van der Waals surface area contributed by atoms with Crippen LogP contribution in [0.5, 0.6) is 0 Å². The maximum absolute atomic E-state index is 6.75. The molecule has 0 saturated heterocycles. The van der Waals surface area contributed by atoms with Crippen LogP contribution in [0.1, 0.15) is 5.69 Å². The van der Waals surface area contributed by atoms with Crippen molar-refractivity contribution in [3.05, 3.63) is 102 Å². The molecule has 0 spiro atoms. The lowest BCUT2D eigenvalue weighted by atomic mass is 10.0. The number of aromatic nitrogens is 3. The third kappa shape index (κ3) is 3.10. The fourth-order valence-corrected chi connectivity index (χ4v) is 4.02. The highest BCUT2D eigenvalue weighted by atomic mass is 35.5. The topological polar surface area (TPSA) is 30.7 Å². The van der Waals surface area contributed by atoms with Crippen LogP contribution in [-0.4, -0.2) is 14.5 Å². The highest BCUT2D eigenvalue weighted by molar-refractivity contribution is 6.34. The van der Waals surface area contributed by atoms with Crippen molar-refractivity contribution in [2.45, 2.75) is 6.92 Å². The van der Waals surface area contributed by atoms with Gasteiger partial charge in [-0.15, -0.1) is 0 Å². The van der Waals surface area contributed by atoms with Crippen LogP contribution in [-0.2, 0) is 0 Å². The molecule has 0 N–H and O–H groups in total. The summed E-state index contributed by atoms with van der Waals surface area (Å²) >= 11 is 6.75. The van der Waals surface area contributed by atoms with Crippen molar-refractivity contribution >= 4 is 22.4 Å². The summed E-state index contributed by atoms with van der Waals surface area (Å²) in [6.45, 7) is 1.99. The molecule has 2 heterocycles. The minimum atomic E-state index is 0.482. The summed E-state index contributed by atoms with van der Waals surface area (Å²) in [5.41, 5.74) is 3.97. The molecule has 5 rings (SSSR count). The molecule has 140 valence electrons. The van der Waals surface area contributed by atoms with Gasteiger partial charge >= 0.3 is 0 Å². The minimum absolute atomic E-state index is 0.482. The van der Waals surface area contributed by atoms with Crippen molar-refractivity contribution in [1.29, 1.82) is 0 Å². The van der Waals surface area contributed by atoms with Gasteiger partial charge in [-0.2, -0.15) is 0 Å². The average molecular weight is 396 g/mol. The monoisotopic (exact) mass is 395 g/mol. The molecule has 29 heavy (non-hydrogen) atoms. The van der Waals surface area contributed by atoms with E-state index in [0.29, 0.717) is 5.15 Å². The highest BCUT2D eigenvalue weighted by Crippen LogP contribution is 2.37. The first kappa shape index (κ1) is 17.7. The Morgan fingerprint density at radius 1 is 0.690 bits per heavy atom. The first-order valence-electron chi connectivity index (χ1n) is 9.48. The molecule has 0 aliphatic heterocycles. The lowest BCUT2D eigenvalue weighted by Crippen LogP contribution is -2.02. The van der Waals surface area contributed by atoms with Gasteiger partial charge in [0.1, 0.15) is 16.8 Å². The van der Waals surface area contributed by atoms with Crippen LogP contribution in [0.3, 0.4) is 0 Å². The molecule has 0 fully saturated rings. The number of benzene rings is 3. The van der Waals surface area contributed by atoms with Crippen LogP contribution in [0.25, 0.3) is 39.1 Å². The Kier molecular flexibility index (Phi) is 4.38. The van der Waals surface area contributed by atoms with Gasteiger partial charge in [0.2, 0.25) is 0 Å². The van der Waals surface area contributed by atoms with E-state index < -0.39 is 0 Å². The maximum Gasteiger partial charge on any atom is 0.148 e. The zero-order chi connectivity index (χ0) is 19.8. The fraction of sp³-hybridized carbons (Fsp3) is 0.0400. The molecule has 3 aromatic carbocycles. The molecule has 4 heteroatoms. The van der Waals surface area contributed by atoms with E-state index in [2.05, 4.69) is 36.4 Å². The molecule has 0 bridgehead atoms. The first-order valence-corrected chi connectivity index (χ1v) is 9.85. The van der Waals surface area contributed by atoms with Crippen molar-refractivity contribution in [2.24, 2.45) is 0 Å². The van der Waals surface area contributed by atoms with E-state index in [1.165, 1.54) is 0 Å². The number of hydrogen-bond acceptors (Lipinski definition) is 2. The van der Waals surface area contributed by atoms with Crippen LogP contribution >= 0.6 is 11.6 Å². The third-order valence-corrected chi connectivity index (χ3v) is 5.27. The second-order valence-electron chi connectivity index (χ2n) is 6.95. The molecular formula is C25H18ClN3. The lowest BCUT2D eigenvalue weighted by molar-refractivity contribution is 1.02. The van der Waals surface area contributed by atoms with E-state index >= 15 is 0 Å². The third-order valence-electron chi connectivity index (χ3n) is 5.00. The number of imidazole rings is 1. The van der Waals surface area contributed by atoms with E-state index in [4.69, 9.17) is 21.6 Å². The number of halogens is 1. The SMILES string of the molecule is Cc1cn(-c2nc(Cl)c(-c3ccccc3)c3ccccc23)c(-c2ccccc2)n1. The lowest BCUT2D eigenvalue weighted by Gasteiger charge is -2.15. The second kappa shape index (κ2) is 7.19. The molecule has 0 amide bonds. The molecule has 2 aromatic heterocycles. The number of fused-ring (bicyclic) bond motifs is 1. The van der Waals surface area contributed by atoms with Crippen molar-refractivity contribution in [2.75, 3.05) is 0 Å². The second-order valence-corrected chi connectivity index (χ2v) is 7.31. The molecule has 0 aliphatic carbocycles. The zero-order valence-corrected chi connectivity index (χ0v) is 16.6. The van der Waals surface area contributed by atoms with E-state index in [1.807, 2.05) is 66.2 Å². The summed E-state index contributed by atoms with van der Waals surface area (Å²) in [6.07, 6.45) is 2.01. The molecular weight excluding hydrogens is 378 g/mol. The minimum Gasteiger partial charge on any atom is -0.283 e. The van der Waals surface area contributed by atoms with Crippen LogP contribution in [0, 0.1) is 6.92 Å². The number of aryl methyl sites for hydroxylation is 1. The molecule has 0 atom stereocenters. The van der Waals surface area contributed by atoms with Crippen LogP contribution in [0.15, 0.2) is 91.1 Å². The Hall–Kier alpha value is -3.43. The fourth-order valence-electron chi connectivity index (χ4n) is 3.73. The van der Waals surface area contributed by atoms with E-state index in [1.54, 1.807) is 0 Å². The normalized spacial score (nSPS) is 11.1. The summed E-state index contributed by atoms with van der Waals surface area (Å²) in [4.78, 5) is 9.59. The Balaban J connectivity index is 1.82. The molecule has 0 unspecified atom stereocenters. The van der Waals surface area contributed by atoms with Crippen molar-refractivity contribution in [1.82, 2.24) is 14.5 Å². The summed E-state index contributed by atoms with van der Waals surface area (Å²) in [6, 6.07) is 28.5. The zero-order valence-electron chi connectivity index (χ0n) is 15.9. The quantitative estimate of drug-likeness (QED) is 0.317. The Morgan fingerprint density at radius 2 is 1.28 bits per heavy atom. The first-order chi connectivity index (χ1) is 14.2. The molecule has 0 aliphatic rings. The van der Waals surface area contributed by atoms with Crippen molar-refractivity contribution in [3.8, 4) is 28.3 Å². The van der Waals surface area contributed by atoms with Crippen LogP contribution in [0.4, 0.5) is 0 Å². The van der Waals surface area contributed by atoms with Crippen molar-refractivity contribution < 1.29 is 0 Å². The van der Waals surface area contributed by atoms with E-state index in [9.17, 15) is 0 Å². The summed E-state index contributed by atoms with van der Waals surface area (Å²) in [7, 11) is 0. The predicted octanol–water partition coefficient (Wildman–Crippen LogP) is 6.72. The Labute approximate surface area is 174 Å². The Morgan fingerprint density at radius 3 is 1.97 bits per heavy atom. The highest BCUT2D eigenvalue weighted by Gasteiger charge is 2.18. The predicted molar refractivity (Wildman–Crippen MR) is 119 cm³/mol. The van der Waals surface area contributed by atoms with Gasteiger partial charge in [0.25, 0.3) is 0 Å². The van der Waals surface area contributed by atoms with Gasteiger partial charge in [0.15, 0.2) is 0 Å². The number of hydrogen-bond donors (Lipinski definition) is 0.